The normalized spacial score (nSPS) is 13.7. The maximum absolute atomic E-state index is 12.8. The SMILES string of the molecule is CC/C=C\C/C=C\C/C=C\C/C=C\C/C=C\C(CCCCC(=O)NC(CCCN)C(=O)O)OC(=O)CCCCCCCCCC/C=C\C/C=C\C/C=C\C/C=C\CC. The van der Waals surface area contributed by atoms with Gasteiger partial charge in [0.05, 0.1) is 0 Å². The van der Waals surface area contributed by atoms with Gasteiger partial charge in [-0.05, 0) is 122 Å². The molecule has 0 saturated carbocycles. The number of carboxylic acid groups (broad SMARTS) is 1. The highest BCUT2D eigenvalue weighted by Crippen LogP contribution is 2.14. The van der Waals surface area contributed by atoms with E-state index in [0.717, 1.165) is 83.5 Å². The summed E-state index contributed by atoms with van der Waals surface area (Å²) in [6, 6.07) is -0.918. The summed E-state index contributed by atoms with van der Waals surface area (Å²) in [5.41, 5.74) is 5.50. The van der Waals surface area contributed by atoms with Crippen LogP contribution in [0.1, 0.15) is 174 Å². The van der Waals surface area contributed by atoms with Crippen LogP contribution < -0.4 is 11.1 Å². The molecular formula is C51H82N2O5. The van der Waals surface area contributed by atoms with Gasteiger partial charge in [-0.15, -0.1) is 0 Å². The minimum Gasteiger partial charge on any atom is -0.480 e. The van der Waals surface area contributed by atoms with Crippen molar-refractivity contribution in [2.24, 2.45) is 5.73 Å². The van der Waals surface area contributed by atoms with Crippen molar-refractivity contribution >= 4 is 17.8 Å². The first kappa shape index (κ1) is 54.0. The second-order valence-electron chi connectivity index (χ2n) is 14.7. The van der Waals surface area contributed by atoms with E-state index in [1.54, 1.807) is 0 Å². The van der Waals surface area contributed by atoms with Crippen LogP contribution in [-0.2, 0) is 19.1 Å². The molecule has 0 bridgehead atoms. The van der Waals surface area contributed by atoms with Crippen LogP contribution in [-0.4, -0.2) is 41.6 Å². The van der Waals surface area contributed by atoms with E-state index in [9.17, 15) is 19.5 Å². The lowest BCUT2D eigenvalue weighted by Gasteiger charge is -2.16. The first-order valence-electron chi connectivity index (χ1n) is 22.7. The fourth-order valence-corrected chi connectivity index (χ4v) is 5.97. The Labute approximate surface area is 354 Å². The van der Waals surface area contributed by atoms with Crippen LogP contribution in [0, 0.1) is 0 Å². The van der Waals surface area contributed by atoms with Crippen LogP contribution in [0.2, 0.25) is 0 Å². The molecule has 0 aromatic rings. The number of amides is 1. The highest BCUT2D eigenvalue weighted by molar-refractivity contribution is 5.83. The molecule has 1 amide bonds. The Morgan fingerprint density at radius 1 is 0.517 bits per heavy atom. The molecule has 58 heavy (non-hydrogen) atoms. The highest BCUT2D eigenvalue weighted by Gasteiger charge is 2.19. The Morgan fingerprint density at radius 2 is 0.948 bits per heavy atom. The Bertz CT molecular complexity index is 1270. The maximum Gasteiger partial charge on any atom is 0.326 e. The van der Waals surface area contributed by atoms with Gasteiger partial charge in [-0.25, -0.2) is 4.79 Å². The van der Waals surface area contributed by atoms with Crippen molar-refractivity contribution in [2.75, 3.05) is 6.54 Å². The topological polar surface area (TPSA) is 119 Å². The third-order valence-corrected chi connectivity index (χ3v) is 9.32. The van der Waals surface area contributed by atoms with E-state index >= 15 is 0 Å². The number of hydrogen-bond donors (Lipinski definition) is 3. The van der Waals surface area contributed by atoms with Crippen molar-refractivity contribution in [1.82, 2.24) is 5.32 Å². The van der Waals surface area contributed by atoms with E-state index in [4.69, 9.17) is 10.5 Å². The van der Waals surface area contributed by atoms with Crippen LogP contribution >= 0.6 is 0 Å². The minimum atomic E-state index is -1.05. The third kappa shape index (κ3) is 40.2. The summed E-state index contributed by atoms with van der Waals surface area (Å²) in [7, 11) is 0. The molecule has 0 aliphatic heterocycles. The van der Waals surface area contributed by atoms with E-state index in [1.165, 1.54) is 32.1 Å². The van der Waals surface area contributed by atoms with E-state index in [1.807, 2.05) is 12.2 Å². The smallest absolute Gasteiger partial charge is 0.326 e. The number of unbranched alkanes of at least 4 members (excludes halogenated alkanes) is 9. The first-order valence-corrected chi connectivity index (χ1v) is 22.7. The lowest BCUT2D eigenvalue weighted by molar-refractivity contribution is -0.147. The second kappa shape index (κ2) is 44.1. The van der Waals surface area contributed by atoms with E-state index in [2.05, 4.69) is 116 Å². The van der Waals surface area contributed by atoms with E-state index in [-0.39, 0.29) is 24.4 Å². The minimum absolute atomic E-state index is 0.177. The number of carboxylic acids is 1. The number of nitrogens with two attached hydrogens (primary N) is 1. The van der Waals surface area contributed by atoms with Crippen LogP contribution in [0.15, 0.2) is 109 Å². The number of allylic oxidation sites excluding steroid dienone is 17. The molecule has 7 nitrogen and oxygen atoms in total. The number of hydrogen-bond acceptors (Lipinski definition) is 5. The monoisotopic (exact) mass is 803 g/mol. The molecule has 0 radical (unpaired) electrons. The maximum atomic E-state index is 12.8. The quantitative estimate of drug-likeness (QED) is 0.0323. The number of aliphatic carboxylic acids is 1. The van der Waals surface area contributed by atoms with Gasteiger partial charge in [0.2, 0.25) is 5.91 Å². The summed E-state index contributed by atoms with van der Waals surface area (Å²) in [5.74, 6) is -1.51. The molecule has 0 rings (SSSR count). The molecule has 0 saturated heterocycles. The van der Waals surface area contributed by atoms with Gasteiger partial charge < -0.3 is 20.9 Å². The van der Waals surface area contributed by atoms with Crippen molar-refractivity contribution < 1.29 is 24.2 Å². The fourth-order valence-electron chi connectivity index (χ4n) is 5.97. The molecule has 0 fully saturated rings. The van der Waals surface area contributed by atoms with Gasteiger partial charge in [-0.3, -0.25) is 9.59 Å². The molecule has 0 aromatic heterocycles. The molecule has 0 heterocycles. The predicted molar refractivity (Wildman–Crippen MR) is 248 cm³/mol. The fraction of sp³-hybridized carbons (Fsp3) is 0.588. The molecule has 0 aliphatic rings. The predicted octanol–water partition coefficient (Wildman–Crippen LogP) is 13.2. The van der Waals surface area contributed by atoms with Crippen molar-refractivity contribution in [3.8, 4) is 0 Å². The van der Waals surface area contributed by atoms with Gasteiger partial charge >= 0.3 is 11.9 Å². The Morgan fingerprint density at radius 3 is 1.43 bits per heavy atom. The van der Waals surface area contributed by atoms with Gasteiger partial charge in [0.15, 0.2) is 0 Å². The summed E-state index contributed by atoms with van der Waals surface area (Å²) in [4.78, 5) is 36.6. The second-order valence-corrected chi connectivity index (χ2v) is 14.7. The van der Waals surface area contributed by atoms with Gasteiger partial charge in [0.1, 0.15) is 12.1 Å². The van der Waals surface area contributed by atoms with Crippen molar-refractivity contribution in [3.05, 3.63) is 109 Å². The summed E-state index contributed by atoms with van der Waals surface area (Å²) in [5, 5.41) is 12.0. The number of nitrogens with one attached hydrogen (secondary N) is 1. The highest BCUT2D eigenvalue weighted by atomic mass is 16.5. The molecule has 2 atom stereocenters. The van der Waals surface area contributed by atoms with Crippen LogP contribution in [0.5, 0.6) is 0 Å². The van der Waals surface area contributed by atoms with E-state index in [0.29, 0.717) is 45.1 Å². The summed E-state index contributed by atoms with van der Waals surface area (Å²) < 4.78 is 5.88. The van der Waals surface area contributed by atoms with Crippen molar-refractivity contribution in [3.63, 3.8) is 0 Å². The molecule has 326 valence electrons. The molecular weight excluding hydrogens is 721 g/mol. The van der Waals surface area contributed by atoms with Crippen molar-refractivity contribution in [2.45, 2.75) is 187 Å². The van der Waals surface area contributed by atoms with Gasteiger partial charge in [0, 0.05) is 12.8 Å². The third-order valence-electron chi connectivity index (χ3n) is 9.32. The summed E-state index contributed by atoms with van der Waals surface area (Å²) >= 11 is 0. The van der Waals surface area contributed by atoms with Gasteiger partial charge in [-0.1, -0.05) is 156 Å². The van der Waals surface area contributed by atoms with Crippen LogP contribution in [0.3, 0.4) is 0 Å². The number of esters is 1. The molecule has 0 aromatic carbocycles. The molecule has 0 aliphatic carbocycles. The molecule has 2 unspecified atom stereocenters. The lowest BCUT2D eigenvalue weighted by atomic mass is 10.1. The van der Waals surface area contributed by atoms with Gasteiger partial charge in [0.25, 0.3) is 0 Å². The Balaban J connectivity index is 4.47. The lowest BCUT2D eigenvalue weighted by Crippen LogP contribution is -2.40. The number of rotatable bonds is 39. The zero-order valence-corrected chi connectivity index (χ0v) is 36.6. The summed E-state index contributed by atoms with van der Waals surface area (Å²) in [6.07, 6.45) is 61.4. The summed E-state index contributed by atoms with van der Waals surface area (Å²) in [6.45, 7) is 4.68. The van der Waals surface area contributed by atoms with Gasteiger partial charge in [-0.2, -0.15) is 0 Å². The standard InChI is InChI=1S/C51H82N2O5/c1-3-5-7-9-11-13-15-17-19-20-21-22-23-24-25-27-29-31-33-35-37-45-50(55)58-47(42-38-39-44-49(54)53-48(51(56)57)43-40-46-52)41-36-34-32-30-28-26-18-16-14-12-10-8-6-4-2/h5-8,11-14,17-19,21-22,26,30,32,36,41,47-48H,3-4,9-10,15-16,20,23-25,27-29,31,33-35,37-40,42-46,52H2,1-2H3,(H,53,54)(H,56,57)/b7-5-,8-6-,13-11-,14-12-,19-17-,22-21-,26-18-,32-30-,41-36-. The molecule has 4 N–H and O–H groups in total. The first-order chi connectivity index (χ1) is 28.4. The van der Waals surface area contributed by atoms with Crippen molar-refractivity contribution in [1.29, 1.82) is 0 Å². The largest absolute Gasteiger partial charge is 0.480 e. The van der Waals surface area contributed by atoms with Crippen LogP contribution in [0.4, 0.5) is 0 Å². The number of carbonyl (C=O) groups excluding carboxylic acids is 2. The molecule has 7 heteroatoms. The average Bonchev–Trinajstić information content (AvgIpc) is 3.21. The zero-order valence-electron chi connectivity index (χ0n) is 36.6. The average molecular weight is 803 g/mol. The Kier molecular flexibility index (Phi) is 41.1. The number of carbonyl (C=O) groups is 3. The van der Waals surface area contributed by atoms with Crippen LogP contribution in [0.25, 0.3) is 0 Å². The van der Waals surface area contributed by atoms with E-state index < -0.39 is 12.0 Å². The zero-order chi connectivity index (χ0) is 42.4. The number of ether oxygens (including phenoxy) is 1. The Hall–Kier alpha value is -3.97. The molecule has 0 spiro atoms.